The summed E-state index contributed by atoms with van der Waals surface area (Å²) in [5.74, 6) is 0.445. The van der Waals surface area contributed by atoms with Gasteiger partial charge < -0.3 is 10.2 Å². The first-order chi connectivity index (χ1) is 12.1. The Bertz CT molecular complexity index is 606. The van der Waals surface area contributed by atoms with Crippen LogP contribution in [0.5, 0.6) is 0 Å². The molecule has 7 nitrogen and oxygen atoms in total. The van der Waals surface area contributed by atoms with Crippen molar-refractivity contribution in [2.24, 2.45) is 13.0 Å². The Morgan fingerprint density at radius 1 is 1.28 bits per heavy atom. The monoisotopic (exact) mass is 347 g/mol. The number of carbonyl (C=O) groups is 2. The molecule has 0 radical (unpaired) electrons. The Labute approximate surface area is 149 Å². The van der Waals surface area contributed by atoms with E-state index < -0.39 is 0 Å². The number of likely N-dealkylation sites (tertiary alicyclic amines) is 1. The minimum Gasteiger partial charge on any atom is -0.356 e. The summed E-state index contributed by atoms with van der Waals surface area (Å²) in [6.45, 7) is 5.29. The van der Waals surface area contributed by atoms with Gasteiger partial charge in [-0.15, -0.1) is 0 Å². The van der Waals surface area contributed by atoms with E-state index in [-0.39, 0.29) is 23.8 Å². The van der Waals surface area contributed by atoms with E-state index in [0.717, 1.165) is 64.0 Å². The molecule has 7 heteroatoms. The normalized spacial score (nSPS) is 22.6. The van der Waals surface area contributed by atoms with Gasteiger partial charge in [0, 0.05) is 32.3 Å². The molecule has 1 aromatic rings. The Morgan fingerprint density at radius 2 is 2.04 bits per heavy atom. The summed E-state index contributed by atoms with van der Waals surface area (Å²) in [6.07, 6.45) is 8.28. The highest BCUT2D eigenvalue weighted by atomic mass is 16.2. The molecule has 25 heavy (non-hydrogen) atoms. The molecule has 0 bridgehead atoms. The zero-order valence-electron chi connectivity index (χ0n) is 15.3. The van der Waals surface area contributed by atoms with Crippen LogP contribution in [0.25, 0.3) is 0 Å². The van der Waals surface area contributed by atoms with Crippen LogP contribution < -0.4 is 10.2 Å². The Morgan fingerprint density at radius 3 is 2.68 bits per heavy atom. The van der Waals surface area contributed by atoms with E-state index in [4.69, 9.17) is 0 Å². The molecular formula is C18H29N5O2. The van der Waals surface area contributed by atoms with Gasteiger partial charge in [0.1, 0.15) is 0 Å². The summed E-state index contributed by atoms with van der Waals surface area (Å²) in [6, 6.07) is -0.0516. The molecule has 2 aliphatic heterocycles. The van der Waals surface area contributed by atoms with Gasteiger partial charge >= 0.3 is 0 Å². The summed E-state index contributed by atoms with van der Waals surface area (Å²) >= 11 is 0. The predicted molar refractivity (Wildman–Crippen MR) is 96.2 cm³/mol. The van der Waals surface area contributed by atoms with Crippen molar-refractivity contribution < 1.29 is 9.59 Å². The molecule has 0 spiro atoms. The third kappa shape index (κ3) is 4.03. The standard InChI is InChI=1S/C18H29N5O2/c1-3-4-8-19-17(24)14-5-9-22(10-6-14)16-7-11-23(18(16)25)15-12-20-21(2)13-15/h12-14,16H,3-11H2,1-2H3,(H,19,24)/t16-/m1/s1. The highest BCUT2D eigenvalue weighted by Gasteiger charge is 2.39. The van der Waals surface area contributed by atoms with Crippen molar-refractivity contribution in [2.45, 2.75) is 45.1 Å². The number of piperidine rings is 1. The second kappa shape index (κ2) is 7.99. The average Bonchev–Trinajstić information content (AvgIpc) is 3.21. The average molecular weight is 347 g/mol. The summed E-state index contributed by atoms with van der Waals surface area (Å²) in [7, 11) is 1.86. The van der Waals surface area contributed by atoms with Crippen molar-refractivity contribution in [2.75, 3.05) is 31.1 Å². The van der Waals surface area contributed by atoms with Crippen LogP contribution in [0.15, 0.2) is 12.4 Å². The third-order valence-electron chi connectivity index (χ3n) is 5.35. The molecule has 138 valence electrons. The Kier molecular flexibility index (Phi) is 5.73. The predicted octanol–water partition coefficient (Wildman–Crippen LogP) is 1.15. The molecule has 3 heterocycles. The van der Waals surface area contributed by atoms with Crippen LogP contribution in [-0.2, 0) is 16.6 Å². The van der Waals surface area contributed by atoms with E-state index in [1.165, 1.54) is 0 Å². The number of hydrogen-bond donors (Lipinski definition) is 1. The van der Waals surface area contributed by atoms with Gasteiger partial charge in [-0.3, -0.25) is 19.2 Å². The lowest BCUT2D eigenvalue weighted by Gasteiger charge is -2.34. The number of rotatable bonds is 6. The van der Waals surface area contributed by atoms with Crippen molar-refractivity contribution in [3.63, 3.8) is 0 Å². The fraction of sp³-hybridized carbons (Fsp3) is 0.722. The zero-order valence-corrected chi connectivity index (χ0v) is 15.3. The van der Waals surface area contributed by atoms with E-state index in [2.05, 4.69) is 22.2 Å². The smallest absolute Gasteiger partial charge is 0.244 e. The Hall–Kier alpha value is -1.89. The third-order valence-corrected chi connectivity index (χ3v) is 5.35. The number of aromatic nitrogens is 2. The number of hydrogen-bond acceptors (Lipinski definition) is 4. The summed E-state index contributed by atoms with van der Waals surface area (Å²) in [5, 5.41) is 7.19. The number of nitrogens with one attached hydrogen (secondary N) is 1. The molecule has 2 fully saturated rings. The lowest BCUT2D eigenvalue weighted by Crippen LogP contribution is -2.48. The highest BCUT2D eigenvalue weighted by Crippen LogP contribution is 2.27. The fourth-order valence-corrected chi connectivity index (χ4v) is 3.81. The van der Waals surface area contributed by atoms with E-state index >= 15 is 0 Å². The molecule has 0 aromatic carbocycles. The quantitative estimate of drug-likeness (QED) is 0.784. The first-order valence-electron chi connectivity index (χ1n) is 9.42. The molecule has 2 aliphatic rings. The van der Waals surface area contributed by atoms with Gasteiger partial charge in [0.05, 0.1) is 17.9 Å². The molecule has 0 unspecified atom stereocenters. The van der Waals surface area contributed by atoms with Gasteiger partial charge in [-0.2, -0.15) is 5.10 Å². The van der Waals surface area contributed by atoms with Gasteiger partial charge in [-0.1, -0.05) is 13.3 Å². The van der Waals surface area contributed by atoms with Crippen LogP contribution in [0.3, 0.4) is 0 Å². The van der Waals surface area contributed by atoms with E-state index in [9.17, 15) is 9.59 Å². The zero-order chi connectivity index (χ0) is 17.8. The fourth-order valence-electron chi connectivity index (χ4n) is 3.81. The molecular weight excluding hydrogens is 318 g/mol. The topological polar surface area (TPSA) is 70.5 Å². The molecule has 1 aromatic heterocycles. The van der Waals surface area contributed by atoms with Gasteiger partial charge in [0.2, 0.25) is 11.8 Å². The van der Waals surface area contributed by atoms with Crippen LogP contribution in [0, 0.1) is 5.92 Å². The van der Waals surface area contributed by atoms with Gasteiger partial charge in [-0.05, 0) is 38.8 Å². The molecule has 1 N–H and O–H groups in total. The molecule has 0 saturated carbocycles. The van der Waals surface area contributed by atoms with Crippen LogP contribution in [0.4, 0.5) is 5.69 Å². The molecule has 2 saturated heterocycles. The minimum absolute atomic E-state index is 0.0516. The number of amides is 2. The van der Waals surface area contributed by atoms with E-state index in [1.54, 1.807) is 10.9 Å². The summed E-state index contributed by atoms with van der Waals surface area (Å²) in [4.78, 5) is 29.1. The summed E-state index contributed by atoms with van der Waals surface area (Å²) in [5.41, 5.74) is 0.875. The number of nitrogens with zero attached hydrogens (tertiary/aromatic N) is 4. The molecule has 1 atom stereocenters. The highest BCUT2D eigenvalue weighted by molar-refractivity contribution is 5.99. The van der Waals surface area contributed by atoms with Crippen molar-refractivity contribution in [1.29, 1.82) is 0 Å². The van der Waals surface area contributed by atoms with Crippen LogP contribution in [0.1, 0.15) is 39.0 Å². The van der Waals surface area contributed by atoms with Gasteiger partial charge in [-0.25, -0.2) is 0 Å². The number of carbonyl (C=O) groups excluding carboxylic acids is 2. The van der Waals surface area contributed by atoms with Crippen LogP contribution in [-0.4, -0.2) is 58.7 Å². The Balaban J connectivity index is 1.50. The number of anilines is 1. The second-order valence-corrected chi connectivity index (χ2v) is 7.12. The van der Waals surface area contributed by atoms with Crippen molar-refractivity contribution in [3.8, 4) is 0 Å². The van der Waals surface area contributed by atoms with Crippen LogP contribution >= 0.6 is 0 Å². The number of aryl methyl sites for hydroxylation is 1. The maximum absolute atomic E-state index is 12.8. The molecule has 0 aliphatic carbocycles. The van der Waals surface area contributed by atoms with Crippen molar-refractivity contribution in [3.05, 3.63) is 12.4 Å². The van der Waals surface area contributed by atoms with Crippen molar-refractivity contribution >= 4 is 17.5 Å². The van der Waals surface area contributed by atoms with Crippen LogP contribution in [0.2, 0.25) is 0 Å². The largest absolute Gasteiger partial charge is 0.356 e. The number of unbranched alkanes of at least 4 members (excludes halogenated alkanes) is 1. The maximum Gasteiger partial charge on any atom is 0.244 e. The van der Waals surface area contributed by atoms with E-state index in [1.807, 2.05) is 18.1 Å². The molecule has 3 rings (SSSR count). The maximum atomic E-state index is 12.8. The van der Waals surface area contributed by atoms with Gasteiger partial charge in [0.25, 0.3) is 0 Å². The van der Waals surface area contributed by atoms with E-state index in [0.29, 0.717) is 0 Å². The summed E-state index contributed by atoms with van der Waals surface area (Å²) < 4.78 is 1.72. The minimum atomic E-state index is -0.0516. The molecule has 2 amide bonds. The second-order valence-electron chi connectivity index (χ2n) is 7.12. The first-order valence-corrected chi connectivity index (χ1v) is 9.42. The first kappa shape index (κ1) is 17.9. The van der Waals surface area contributed by atoms with Crippen molar-refractivity contribution in [1.82, 2.24) is 20.0 Å². The lowest BCUT2D eigenvalue weighted by atomic mass is 9.94. The lowest BCUT2D eigenvalue weighted by molar-refractivity contribution is -0.127. The SMILES string of the molecule is CCCCNC(=O)C1CCN([C@@H]2CCN(c3cnn(C)c3)C2=O)CC1. The van der Waals surface area contributed by atoms with Gasteiger partial charge in [0.15, 0.2) is 0 Å².